The van der Waals surface area contributed by atoms with Crippen molar-refractivity contribution in [3.8, 4) is 0 Å². The first kappa shape index (κ1) is 15.4. The van der Waals surface area contributed by atoms with Gasteiger partial charge < -0.3 is 14.2 Å². The lowest BCUT2D eigenvalue weighted by Crippen LogP contribution is -2.45. The van der Waals surface area contributed by atoms with Crippen molar-refractivity contribution in [1.82, 2.24) is 19.6 Å². The second-order valence-corrected chi connectivity index (χ2v) is 6.82. The zero-order valence-corrected chi connectivity index (χ0v) is 14.1. The van der Waals surface area contributed by atoms with Gasteiger partial charge in [-0.3, -0.25) is 9.48 Å². The van der Waals surface area contributed by atoms with Gasteiger partial charge in [-0.25, -0.2) is 0 Å². The summed E-state index contributed by atoms with van der Waals surface area (Å²) in [7, 11) is 0. The largest absolute Gasteiger partial charge is 0.469 e. The third-order valence-electron chi connectivity index (χ3n) is 5.27. The third kappa shape index (κ3) is 2.86. The number of likely N-dealkylation sites (tertiary alicyclic amines) is 1. The zero-order valence-electron chi connectivity index (χ0n) is 14.1. The summed E-state index contributed by atoms with van der Waals surface area (Å²) in [5.41, 5.74) is 1.78. The minimum atomic E-state index is 0.0695. The summed E-state index contributed by atoms with van der Waals surface area (Å²) in [6.45, 7) is 6.58. The van der Waals surface area contributed by atoms with E-state index < -0.39 is 0 Å². The van der Waals surface area contributed by atoms with Crippen molar-refractivity contribution in [3.63, 3.8) is 0 Å². The predicted octanol–water partition coefficient (Wildman–Crippen LogP) is 2.30. The van der Waals surface area contributed by atoms with Gasteiger partial charge in [-0.05, 0) is 51.4 Å². The SMILES string of the molecule is Cc1occc1C(=O)N1Cc2ccnn2CCC1CN1CCCC1. The predicted molar refractivity (Wildman–Crippen MR) is 89.6 cm³/mol. The lowest BCUT2D eigenvalue weighted by Gasteiger charge is -2.32. The summed E-state index contributed by atoms with van der Waals surface area (Å²) in [4.78, 5) is 17.7. The smallest absolute Gasteiger partial charge is 0.258 e. The molecular weight excluding hydrogens is 304 g/mol. The zero-order chi connectivity index (χ0) is 16.5. The van der Waals surface area contributed by atoms with Gasteiger partial charge in [0.2, 0.25) is 0 Å². The Morgan fingerprint density at radius 1 is 1.29 bits per heavy atom. The molecule has 2 aliphatic rings. The molecule has 128 valence electrons. The van der Waals surface area contributed by atoms with E-state index in [4.69, 9.17) is 4.42 Å². The minimum Gasteiger partial charge on any atom is -0.469 e. The molecule has 24 heavy (non-hydrogen) atoms. The molecule has 1 fully saturated rings. The highest BCUT2D eigenvalue weighted by Crippen LogP contribution is 2.23. The Labute approximate surface area is 142 Å². The second kappa shape index (κ2) is 6.43. The average molecular weight is 328 g/mol. The number of aryl methyl sites for hydroxylation is 2. The molecule has 0 aliphatic carbocycles. The maximum absolute atomic E-state index is 13.2. The van der Waals surface area contributed by atoms with E-state index in [2.05, 4.69) is 10.00 Å². The van der Waals surface area contributed by atoms with Crippen LogP contribution in [0.25, 0.3) is 0 Å². The first-order valence-electron chi connectivity index (χ1n) is 8.80. The lowest BCUT2D eigenvalue weighted by atomic mass is 10.1. The van der Waals surface area contributed by atoms with E-state index in [0.29, 0.717) is 17.9 Å². The summed E-state index contributed by atoms with van der Waals surface area (Å²) in [6, 6.07) is 4.01. The van der Waals surface area contributed by atoms with E-state index in [1.54, 1.807) is 12.3 Å². The Hall–Kier alpha value is -2.08. The van der Waals surface area contributed by atoms with Crippen molar-refractivity contribution in [1.29, 1.82) is 0 Å². The summed E-state index contributed by atoms with van der Waals surface area (Å²) < 4.78 is 7.39. The maximum atomic E-state index is 13.2. The molecule has 2 aliphatic heterocycles. The molecule has 4 heterocycles. The molecular formula is C18H24N4O2. The Morgan fingerprint density at radius 2 is 2.12 bits per heavy atom. The van der Waals surface area contributed by atoms with Gasteiger partial charge in [-0.15, -0.1) is 0 Å². The van der Waals surface area contributed by atoms with Crippen LogP contribution in [-0.2, 0) is 13.1 Å². The molecule has 2 aromatic rings. The number of amides is 1. The maximum Gasteiger partial charge on any atom is 0.258 e. The molecule has 2 aromatic heterocycles. The topological polar surface area (TPSA) is 54.5 Å². The first-order chi connectivity index (χ1) is 11.7. The summed E-state index contributed by atoms with van der Waals surface area (Å²) in [5.74, 6) is 0.762. The van der Waals surface area contributed by atoms with Crippen LogP contribution in [-0.4, -0.2) is 51.2 Å². The van der Waals surface area contributed by atoms with Crippen LogP contribution in [0.3, 0.4) is 0 Å². The number of carbonyl (C=O) groups is 1. The van der Waals surface area contributed by atoms with Crippen LogP contribution in [0.2, 0.25) is 0 Å². The molecule has 1 amide bonds. The third-order valence-corrected chi connectivity index (χ3v) is 5.27. The fourth-order valence-electron chi connectivity index (χ4n) is 3.88. The highest BCUT2D eigenvalue weighted by molar-refractivity contribution is 5.95. The highest BCUT2D eigenvalue weighted by Gasteiger charge is 2.31. The van der Waals surface area contributed by atoms with Gasteiger partial charge >= 0.3 is 0 Å². The quantitative estimate of drug-likeness (QED) is 0.867. The molecule has 0 N–H and O–H groups in total. The minimum absolute atomic E-state index is 0.0695. The fourth-order valence-corrected chi connectivity index (χ4v) is 3.88. The number of furan rings is 1. The Kier molecular flexibility index (Phi) is 4.14. The van der Waals surface area contributed by atoms with Crippen molar-refractivity contribution < 1.29 is 9.21 Å². The number of aromatic nitrogens is 2. The number of carbonyl (C=O) groups excluding carboxylic acids is 1. The Balaban J connectivity index is 1.61. The van der Waals surface area contributed by atoms with Crippen molar-refractivity contribution in [2.24, 2.45) is 0 Å². The van der Waals surface area contributed by atoms with Crippen LogP contribution in [0.5, 0.6) is 0 Å². The molecule has 0 spiro atoms. The number of rotatable bonds is 3. The van der Waals surface area contributed by atoms with Crippen LogP contribution >= 0.6 is 0 Å². The van der Waals surface area contributed by atoms with E-state index in [1.807, 2.05) is 28.8 Å². The van der Waals surface area contributed by atoms with E-state index in [-0.39, 0.29) is 11.9 Å². The molecule has 0 bridgehead atoms. The van der Waals surface area contributed by atoms with Crippen molar-refractivity contribution in [3.05, 3.63) is 41.6 Å². The number of hydrogen-bond donors (Lipinski definition) is 0. The molecule has 0 saturated carbocycles. The van der Waals surface area contributed by atoms with Gasteiger partial charge in [-0.2, -0.15) is 5.10 Å². The number of hydrogen-bond acceptors (Lipinski definition) is 4. The van der Waals surface area contributed by atoms with Crippen molar-refractivity contribution in [2.45, 2.75) is 45.3 Å². The van der Waals surface area contributed by atoms with Gasteiger partial charge in [0.05, 0.1) is 24.1 Å². The van der Waals surface area contributed by atoms with E-state index >= 15 is 0 Å². The molecule has 0 radical (unpaired) electrons. The van der Waals surface area contributed by atoms with Crippen LogP contribution in [0.15, 0.2) is 29.0 Å². The van der Waals surface area contributed by atoms with Crippen LogP contribution in [0.1, 0.15) is 41.1 Å². The van der Waals surface area contributed by atoms with Crippen LogP contribution in [0, 0.1) is 6.92 Å². The van der Waals surface area contributed by atoms with Gasteiger partial charge in [0.1, 0.15) is 5.76 Å². The number of nitrogens with zero attached hydrogens (tertiary/aromatic N) is 4. The molecule has 4 rings (SSSR count). The first-order valence-corrected chi connectivity index (χ1v) is 8.80. The van der Waals surface area contributed by atoms with Crippen LogP contribution in [0.4, 0.5) is 0 Å². The van der Waals surface area contributed by atoms with Gasteiger partial charge in [0.15, 0.2) is 0 Å². The molecule has 6 nitrogen and oxygen atoms in total. The monoisotopic (exact) mass is 328 g/mol. The molecule has 1 atom stereocenters. The Morgan fingerprint density at radius 3 is 2.88 bits per heavy atom. The van der Waals surface area contributed by atoms with Gasteiger partial charge in [-0.1, -0.05) is 0 Å². The van der Waals surface area contributed by atoms with Gasteiger partial charge in [0.25, 0.3) is 5.91 Å². The van der Waals surface area contributed by atoms with Crippen molar-refractivity contribution >= 4 is 5.91 Å². The van der Waals surface area contributed by atoms with Crippen molar-refractivity contribution in [2.75, 3.05) is 19.6 Å². The normalized spacial score (nSPS) is 21.7. The fraction of sp³-hybridized carbons (Fsp3) is 0.556. The highest BCUT2D eigenvalue weighted by atomic mass is 16.3. The molecule has 0 aromatic carbocycles. The standard InChI is InChI=1S/C18H24N4O2/c1-14-17(6-11-24-14)18(23)21-13-16-4-7-19-22(16)10-5-15(21)12-20-8-2-3-9-20/h4,6-7,11,15H,2-3,5,8-10,12-13H2,1H3. The lowest BCUT2D eigenvalue weighted by molar-refractivity contribution is 0.0613. The van der Waals surface area contributed by atoms with E-state index in [1.165, 1.54) is 12.8 Å². The number of fused-ring (bicyclic) bond motifs is 1. The molecule has 1 saturated heterocycles. The summed E-state index contributed by atoms with van der Waals surface area (Å²) >= 11 is 0. The second-order valence-electron chi connectivity index (χ2n) is 6.82. The summed E-state index contributed by atoms with van der Waals surface area (Å²) in [6.07, 6.45) is 6.89. The van der Waals surface area contributed by atoms with E-state index in [9.17, 15) is 4.79 Å². The van der Waals surface area contributed by atoms with Crippen LogP contribution < -0.4 is 0 Å². The average Bonchev–Trinajstić information content (AvgIpc) is 3.30. The van der Waals surface area contributed by atoms with Gasteiger partial charge in [0, 0.05) is 25.3 Å². The molecule has 1 unspecified atom stereocenters. The Bertz CT molecular complexity index is 714. The molecule has 6 heteroatoms. The summed E-state index contributed by atoms with van der Waals surface area (Å²) in [5, 5.41) is 4.40. The van der Waals surface area contributed by atoms with E-state index in [0.717, 1.165) is 38.3 Å².